The minimum Gasteiger partial charge on any atom is -0.324 e. The maximum atomic E-state index is 12.2. The first-order chi connectivity index (χ1) is 8.10. The zero-order chi connectivity index (χ0) is 12.3. The molecule has 2 N–H and O–H groups in total. The Morgan fingerprint density at radius 2 is 2.24 bits per heavy atom. The fourth-order valence-corrected chi connectivity index (χ4v) is 2.24. The van der Waals surface area contributed by atoms with Crippen LogP contribution in [0.2, 0.25) is 0 Å². The number of carbonyl (C=O) groups is 1. The highest BCUT2D eigenvalue weighted by molar-refractivity contribution is 5.97. The second kappa shape index (κ2) is 4.88. The normalized spacial score (nSPS) is 24.4. The molecule has 3 heteroatoms. The lowest BCUT2D eigenvalue weighted by Gasteiger charge is -2.33. The molecule has 1 heterocycles. The Morgan fingerprint density at radius 3 is 2.88 bits per heavy atom. The van der Waals surface area contributed by atoms with Crippen molar-refractivity contribution < 1.29 is 4.79 Å². The monoisotopic (exact) mass is 232 g/mol. The van der Waals surface area contributed by atoms with Gasteiger partial charge in [-0.05, 0) is 57.4 Å². The van der Waals surface area contributed by atoms with Crippen molar-refractivity contribution in [1.29, 1.82) is 0 Å². The summed E-state index contributed by atoms with van der Waals surface area (Å²) in [5, 5.41) is 6.31. The molecule has 0 radical (unpaired) electrons. The molecule has 92 valence electrons. The van der Waals surface area contributed by atoms with E-state index in [1.54, 1.807) is 0 Å². The molecule has 1 aromatic carbocycles. The van der Waals surface area contributed by atoms with Crippen molar-refractivity contribution in [2.75, 3.05) is 11.9 Å². The van der Waals surface area contributed by atoms with Gasteiger partial charge in [0.2, 0.25) is 5.91 Å². The van der Waals surface area contributed by atoms with E-state index in [4.69, 9.17) is 0 Å². The van der Waals surface area contributed by atoms with Crippen molar-refractivity contribution in [2.45, 2.75) is 38.6 Å². The third-order valence-corrected chi connectivity index (χ3v) is 3.40. The van der Waals surface area contributed by atoms with Crippen molar-refractivity contribution in [3.8, 4) is 0 Å². The Morgan fingerprint density at radius 1 is 1.41 bits per heavy atom. The first kappa shape index (κ1) is 12.1. The Labute approximate surface area is 103 Å². The van der Waals surface area contributed by atoms with Gasteiger partial charge < -0.3 is 10.6 Å². The zero-order valence-corrected chi connectivity index (χ0v) is 10.5. The van der Waals surface area contributed by atoms with Crippen molar-refractivity contribution >= 4 is 11.6 Å². The van der Waals surface area contributed by atoms with Crippen LogP contribution in [0.15, 0.2) is 24.3 Å². The minimum atomic E-state index is -0.415. The van der Waals surface area contributed by atoms with Gasteiger partial charge in [-0.15, -0.1) is 0 Å². The van der Waals surface area contributed by atoms with E-state index in [1.807, 2.05) is 38.1 Å². The summed E-state index contributed by atoms with van der Waals surface area (Å²) in [4.78, 5) is 12.2. The van der Waals surface area contributed by atoms with Crippen LogP contribution in [0, 0.1) is 6.92 Å². The smallest absolute Gasteiger partial charge is 0.244 e. The number of aryl methyl sites for hydroxylation is 1. The summed E-state index contributed by atoms with van der Waals surface area (Å²) in [6.45, 7) is 4.94. The van der Waals surface area contributed by atoms with E-state index in [0.29, 0.717) is 0 Å². The van der Waals surface area contributed by atoms with Crippen LogP contribution in [-0.2, 0) is 4.79 Å². The van der Waals surface area contributed by atoms with Crippen LogP contribution >= 0.6 is 0 Å². The second-order valence-corrected chi connectivity index (χ2v) is 5.04. The predicted molar refractivity (Wildman–Crippen MR) is 70.1 cm³/mol. The average Bonchev–Trinajstić information content (AvgIpc) is 2.30. The molecule has 1 aliphatic rings. The first-order valence-corrected chi connectivity index (χ1v) is 6.23. The lowest BCUT2D eigenvalue weighted by atomic mass is 9.90. The van der Waals surface area contributed by atoms with E-state index in [2.05, 4.69) is 10.6 Å². The summed E-state index contributed by atoms with van der Waals surface area (Å²) in [6, 6.07) is 7.90. The highest BCUT2D eigenvalue weighted by atomic mass is 16.2. The summed E-state index contributed by atoms with van der Waals surface area (Å²) < 4.78 is 0. The Balaban J connectivity index is 2.05. The lowest BCUT2D eigenvalue weighted by molar-refractivity contribution is -0.122. The fourth-order valence-electron chi connectivity index (χ4n) is 2.24. The molecule has 0 spiro atoms. The highest BCUT2D eigenvalue weighted by Crippen LogP contribution is 2.21. The van der Waals surface area contributed by atoms with Crippen molar-refractivity contribution in [3.63, 3.8) is 0 Å². The van der Waals surface area contributed by atoms with Gasteiger partial charge in [-0.3, -0.25) is 4.79 Å². The van der Waals surface area contributed by atoms with E-state index >= 15 is 0 Å². The molecule has 0 saturated carbocycles. The van der Waals surface area contributed by atoms with Gasteiger partial charge in [-0.1, -0.05) is 12.1 Å². The topological polar surface area (TPSA) is 41.1 Å². The fraction of sp³-hybridized carbons (Fsp3) is 0.500. The molecule has 1 aromatic rings. The largest absolute Gasteiger partial charge is 0.324 e. The van der Waals surface area contributed by atoms with Crippen LogP contribution in [0.4, 0.5) is 5.69 Å². The number of anilines is 1. The maximum absolute atomic E-state index is 12.2. The number of piperidine rings is 1. The van der Waals surface area contributed by atoms with E-state index in [9.17, 15) is 4.79 Å². The third kappa shape index (κ3) is 2.86. The second-order valence-electron chi connectivity index (χ2n) is 5.04. The number of hydrogen-bond acceptors (Lipinski definition) is 2. The molecule has 0 bridgehead atoms. The van der Waals surface area contributed by atoms with Crippen LogP contribution in [0.1, 0.15) is 31.7 Å². The Hall–Kier alpha value is -1.35. The average molecular weight is 232 g/mol. The predicted octanol–water partition coefficient (Wildman–Crippen LogP) is 2.47. The Bertz CT molecular complexity index is 408. The molecular formula is C14H20N2O. The Kier molecular flexibility index (Phi) is 3.48. The van der Waals surface area contributed by atoms with Crippen LogP contribution in [0.5, 0.6) is 0 Å². The molecule has 1 saturated heterocycles. The van der Waals surface area contributed by atoms with Crippen LogP contribution in [-0.4, -0.2) is 18.0 Å². The summed E-state index contributed by atoms with van der Waals surface area (Å²) in [5.74, 6) is 0.0720. The van der Waals surface area contributed by atoms with Gasteiger partial charge in [-0.2, -0.15) is 0 Å². The molecule has 2 rings (SSSR count). The summed E-state index contributed by atoms with van der Waals surface area (Å²) in [5.41, 5.74) is 1.62. The summed E-state index contributed by atoms with van der Waals surface area (Å²) in [7, 11) is 0. The molecule has 1 atom stereocenters. The van der Waals surface area contributed by atoms with E-state index in [0.717, 1.165) is 37.1 Å². The highest BCUT2D eigenvalue weighted by Gasteiger charge is 2.34. The van der Waals surface area contributed by atoms with Gasteiger partial charge in [0.05, 0.1) is 5.54 Å². The number of carbonyl (C=O) groups excluding carboxylic acids is 1. The van der Waals surface area contributed by atoms with Crippen LogP contribution in [0.25, 0.3) is 0 Å². The van der Waals surface area contributed by atoms with Crippen molar-refractivity contribution in [1.82, 2.24) is 5.32 Å². The number of rotatable bonds is 2. The number of benzene rings is 1. The van der Waals surface area contributed by atoms with E-state index in [1.165, 1.54) is 0 Å². The molecule has 17 heavy (non-hydrogen) atoms. The number of amides is 1. The molecule has 3 nitrogen and oxygen atoms in total. The van der Waals surface area contributed by atoms with Gasteiger partial charge in [0.1, 0.15) is 0 Å². The van der Waals surface area contributed by atoms with E-state index < -0.39 is 5.54 Å². The van der Waals surface area contributed by atoms with Gasteiger partial charge >= 0.3 is 0 Å². The van der Waals surface area contributed by atoms with Gasteiger partial charge in [0, 0.05) is 5.69 Å². The molecule has 1 amide bonds. The molecule has 1 aliphatic heterocycles. The molecular weight excluding hydrogens is 212 g/mol. The SMILES string of the molecule is Cc1cccc(NC(=O)C2(C)CCCCN2)c1. The third-order valence-electron chi connectivity index (χ3n) is 3.40. The summed E-state index contributed by atoms with van der Waals surface area (Å²) in [6.07, 6.45) is 3.18. The first-order valence-electron chi connectivity index (χ1n) is 6.23. The van der Waals surface area contributed by atoms with Crippen LogP contribution < -0.4 is 10.6 Å². The molecule has 1 unspecified atom stereocenters. The number of nitrogens with one attached hydrogen (secondary N) is 2. The molecule has 0 aromatic heterocycles. The standard InChI is InChI=1S/C14H20N2O/c1-11-6-5-7-12(10-11)16-13(17)14(2)8-3-4-9-15-14/h5-7,10,15H,3-4,8-9H2,1-2H3,(H,16,17). The van der Waals surface area contributed by atoms with E-state index in [-0.39, 0.29) is 5.91 Å². The van der Waals surface area contributed by atoms with Crippen molar-refractivity contribution in [2.24, 2.45) is 0 Å². The van der Waals surface area contributed by atoms with Crippen molar-refractivity contribution in [3.05, 3.63) is 29.8 Å². The van der Waals surface area contributed by atoms with Crippen LogP contribution in [0.3, 0.4) is 0 Å². The maximum Gasteiger partial charge on any atom is 0.244 e. The van der Waals surface area contributed by atoms with Gasteiger partial charge in [0.15, 0.2) is 0 Å². The quantitative estimate of drug-likeness (QED) is 0.822. The minimum absolute atomic E-state index is 0.0720. The molecule has 1 fully saturated rings. The number of hydrogen-bond donors (Lipinski definition) is 2. The van der Waals surface area contributed by atoms with Gasteiger partial charge in [0.25, 0.3) is 0 Å². The molecule has 0 aliphatic carbocycles. The lowest BCUT2D eigenvalue weighted by Crippen LogP contribution is -2.54. The zero-order valence-electron chi connectivity index (χ0n) is 10.5. The summed E-state index contributed by atoms with van der Waals surface area (Å²) >= 11 is 0. The van der Waals surface area contributed by atoms with Gasteiger partial charge in [-0.25, -0.2) is 0 Å².